The molecule has 0 spiro atoms. The van der Waals surface area contributed by atoms with E-state index in [0.717, 1.165) is 25.9 Å². The van der Waals surface area contributed by atoms with E-state index < -0.39 is 11.2 Å². The molecular weight excluding hydrogens is 289 g/mol. The Bertz CT molecular complexity index is 530. The lowest BCUT2D eigenvalue weighted by Crippen LogP contribution is -2.38. The van der Waals surface area contributed by atoms with Gasteiger partial charge < -0.3 is 4.90 Å². The smallest absolute Gasteiger partial charge is 0.142 e. The third kappa shape index (κ3) is 3.83. The SMILES string of the molecule is CN1CCC[C@H](C(=O)CC(C)(C)c2cccc(F)c2Cl)C1. The van der Waals surface area contributed by atoms with Crippen LogP contribution in [0.15, 0.2) is 18.2 Å². The van der Waals surface area contributed by atoms with Crippen molar-refractivity contribution in [3.63, 3.8) is 0 Å². The van der Waals surface area contributed by atoms with Crippen LogP contribution in [0.25, 0.3) is 0 Å². The zero-order valence-electron chi connectivity index (χ0n) is 13.0. The lowest BCUT2D eigenvalue weighted by Gasteiger charge is -2.32. The summed E-state index contributed by atoms with van der Waals surface area (Å²) < 4.78 is 13.6. The second-order valence-corrected chi connectivity index (χ2v) is 7.11. The molecular formula is C17H23ClFNO. The molecule has 0 aliphatic carbocycles. The van der Waals surface area contributed by atoms with E-state index in [2.05, 4.69) is 4.90 Å². The van der Waals surface area contributed by atoms with Crippen molar-refractivity contribution in [1.29, 1.82) is 0 Å². The molecule has 0 radical (unpaired) electrons. The number of rotatable bonds is 4. The summed E-state index contributed by atoms with van der Waals surface area (Å²) in [5.74, 6) is -0.0747. The summed E-state index contributed by atoms with van der Waals surface area (Å²) >= 11 is 6.08. The van der Waals surface area contributed by atoms with Crippen LogP contribution in [0.1, 0.15) is 38.7 Å². The second kappa shape index (κ2) is 6.45. The number of carbonyl (C=O) groups is 1. The Hall–Kier alpha value is -0.930. The Morgan fingerprint density at radius 2 is 2.19 bits per heavy atom. The van der Waals surface area contributed by atoms with E-state index in [1.807, 2.05) is 27.0 Å². The van der Waals surface area contributed by atoms with Gasteiger partial charge in [0.2, 0.25) is 0 Å². The normalized spacial score (nSPS) is 20.5. The monoisotopic (exact) mass is 311 g/mol. The third-order valence-corrected chi connectivity index (χ3v) is 4.76. The molecule has 1 saturated heterocycles. The van der Waals surface area contributed by atoms with Gasteiger partial charge in [-0.15, -0.1) is 0 Å². The van der Waals surface area contributed by atoms with Gasteiger partial charge in [0.25, 0.3) is 0 Å². The Labute approximate surface area is 131 Å². The molecule has 0 N–H and O–H groups in total. The average molecular weight is 312 g/mol. The molecule has 0 bridgehead atoms. The number of Topliss-reactive ketones (excluding diaryl/α,β-unsaturated/α-hetero) is 1. The van der Waals surface area contributed by atoms with E-state index >= 15 is 0 Å². The third-order valence-electron chi connectivity index (χ3n) is 4.38. The molecule has 1 heterocycles. The Kier molecular flexibility index (Phi) is 5.05. The molecule has 0 saturated carbocycles. The molecule has 21 heavy (non-hydrogen) atoms. The van der Waals surface area contributed by atoms with Crippen LogP contribution in [0.3, 0.4) is 0 Å². The Balaban J connectivity index is 2.13. The molecule has 1 aromatic rings. The van der Waals surface area contributed by atoms with Crippen LogP contribution in [-0.2, 0) is 10.2 Å². The van der Waals surface area contributed by atoms with Crippen molar-refractivity contribution in [2.75, 3.05) is 20.1 Å². The zero-order valence-corrected chi connectivity index (χ0v) is 13.7. The fourth-order valence-corrected chi connectivity index (χ4v) is 3.51. The van der Waals surface area contributed by atoms with Gasteiger partial charge in [0.05, 0.1) is 5.02 Å². The van der Waals surface area contributed by atoms with Crippen LogP contribution in [0.2, 0.25) is 5.02 Å². The van der Waals surface area contributed by atoms with E-state index in [-0.39, 0.29) is 16.7 Å². The van der Waals surface area contributed by atoms with Gasteiger partial charge in [0, 0.05) is 18.9 Å². The highest BCUT2D eigenvalue weighted by molar-refractivity contribution is 6.31. The second-order valence-electron chi connectivity index (χ2n) is 6.73. The Morgan fingerprint density at radius 1 is 1.48 bits per heavy atom. The summed E-state index contributed by atoms with van der Waals surface area (Å²) in [4.78, 5) is 14.8. The minimum Gasteiger partial charge on any atom is -0.306 e. The number of hydrogen-bond acceptors (Lipinski definition) is 2. The number of likely N-dealkylation sites (tertiary alicyclic amines) is 1. The zero-order chi connectivity index (χ0) is 15.6. The summed E-state index contributed by atoms with van der Waals surface area (Å²) in [6.45, 7) is 5.80. The first-order valence-corrected chi connectivity index (χ1v) is 7.85. The quantitative estimate of drug-likeness (QED) is 0.836. The molecule has 1 aromatic carbocycles. The molecule has 1 aliphatic rings. The van der Waals surface area contributed by atoms with E-state index in [9.17, 15) is 9.18 Å². The molecule has 4 heteroatoms. The minimum absolute atomic E-state index is 0.0929. The topological polar surface area (TPSA) is 20.3 Å². The highest BCUT2D eigenvalue weighted by Gasteiger charge is 2.32. The van der Waals surface area contributed by atoms with E-state index in [1.54, 1.807) is 6.07 Å². The average Bonchev–Trinajstić information content (AvgIpc) is 2.41. The van der Waals surface area contributed by atoms with Crippen molar-refractivity contribution in [3.8, 4) is 0 Å². The van der Waals surface area contributed by atoms with Crippen molar-refractivity contribution in [1.82, 2.24) is 4.90 Å². The van der Waals surface area contributed by atoms with Crippen LogP contribution in [0.4, 0.5) is 4.39 Å². The molecule has 1 aliphatic heterocycles. The van der Waals surface area contributed by atoms with Crippen molar-refractivity contribution < 1.29 is 9.18 Å². The first-order valence-electron chi connectivity index (χ1n) is 7.47. The van der Waals surface area contributed by atoms with Crippen LogP contribution in [0.5, 0.6) is 0 Å². The summed E-state index contributed by atoms with van der Waals surface area (Å²) in [6, 6.07) is 4.81. The van der Waals surface area contributed by atoms with Crippen LogP contribution < -0.4 is 0 Å². The van der Waals surface area contributed by atoms with Crippen molar-refractivity contribution in [3.05, 3.63) is 34.6 Å². The predicted molar refractivity (Wildman–Crippen MR) is 84.3 cm³/mol. The van der Waals surface area contributed by atoms with E-state index in [0.29, 0.717) is 12.0 Å². The number of hydrogen-bond donors (Lipinski definition) is 0. The van der Waals surface area contributed by atoms with Crippen LogP contribution >= 0.6 is 11.6 Å². The number of carbonyl (C=O) groups excluding carboxylic acids is 1. The van der Waals surface area contributed by atoms with Gasteiger partial charge in [-0.1, -0.05) is 37.6 Å². The molecule has 2 nitrogen and oxygen atoms in total. The van der Waals surface area contributed by atoms with Crippen molar-refractivity contribution >= 4 is 17.4 Å². The van der Waals surface area contributed by atoms with Gasteiger partial charge in [0.15, 0.2) is 0 Å². The van der Waals surface area contributed by atoms with Gasteiger partial charge in [-0.05, 0) is 43.5 Å². The fraction of sp³-hybridized carbons (Fsp3) is 0.588. The molecule has 1 fully saturated rings. The summed E-state index contributed by atoms with van der Waals surface area (Å²) in [5, 5.41) is 0.135. The number of halogens is 2. The standard InChI is InChI=1S/C17H23ClFNO/c1-17(2,13-7-4-8-14(19)16(13)18)10-15(21)12-6-5-9-20(3)11-12/h4,7-8,12H,5-6,9-11H2,1-3H3/t12-/m0/s1. The van der Waals surface area contributed by atoms with Crippen molar-refractivity contribution in [2.24, 2.45) is 5.92 Å². The van der Waals surface area contributed by atoms with Crippen LogP contribution in [-0.4, -0.2) is 30.8 Å². The van der Waals surface area contributed by atoms with Gasteiger partial charge in [-0.3, -0.25) is 4.79 Å². The van der Waals surface area contributed by atoms with Gasteiger partial charge in [-0.2, -0.15) is 0 Å². The highest BCUT2D eigenvalue weighted by atomic mass is 35.5. The summed E-state index contributed by atoms with van der Waals surface area (Å²) in [6.07, 6.45) is 2.42. The maximum absolute atomic E-state index is 13.6. The van der Waals surface area contributed by atoms with Gasteiger partial charge in [-0.25, -0.2) is 4.39 Å². The minimum atomic E-state index is -0.452. The number of benzene rings is 1. The number of nitrogens with zero attached hydrogens (tertiary/aromatic N) is 1. The number of piperidine rings is 1. The lowest BCUT2D eigenvalue weighted by molar-refractivity contribution is -0.125. The van der Waals surface area contributed by atoms with Crippen LogP contribution in [0, 0.1) is 11.7 Å². The molecule has 0 unspecified atom stereocenters. The maximum atomic E-state index is 13.6. The van der Waals surface area contributed by atoms with Crippen molar-refractivity contribution in [2.45, 2.75) is 38.5 Å². The predicted octanol–water partition coefficient (Wildman–Crippen LogP) is 4.06. The first-order chi connectivity index (χ1) is 9.81. The highest BCUT2D eigenvalue weighted by Crippen LogP contribution is 2.35. The molecule has 2 rings (SSSR count). The Morgan fingerprint density at radius 3 is 2.86 bits per heavy atom. The summed E-state index contributed by atoms with van der Waals surface area (Å²) in [7, 11) is 2.05. The largest absolute Gasteiger partial charge is 0.306 e. The maximum Gasteiger partial charge on any atom is 0.142 e. The molecule has 0 amide bonds. The van der Waals surface area contributed by atoms with E-state index in [1.165, 1.54) is 6.07 Å². The molecule has 1 atom stereocenters. The lowest BCUT2D eigenvalue weighted by atomic mass is 9.77. The summed E-state index contributed by atoms with van der Waals surface area (Å²) in [5.41, 5.74) is 0.258. The molecule has 116 valence electrons. The van der Waals surface area contributed by atoms with E-state index in [4.69, 9.17) is 11.6 Å². The van der Waals surface area contributed by atoms with Gasteiger partial charge >= 0.3 is 0 Å². The number of ketones is 1. The molecule has 0 aromatic heterocycles. The van der Waals surface area contributed by atoms with Gasteiger partial charge in [0.1, 0.15) is 11.6 Å². The first kappa shape index (κ1) is 16.4. The fourth-order valence-electron chi connectivity index (χ4n) is 3.13.